The average molecular weight is 563 g/mol. The van der Waals surface area contributed by atoms with Crippen molar-refractivity contribution in [2.24, 2.45) is 4.99 Å². The number of thiazole rings is 1. The van der Waals surface area contributed by atoms with Gasteiger partial charge < -0.3 is 9.47 Å². The van der Waals surface area contributed by atoms with Crippen LogP contribution < -0.4 is 19.6 Å². The molecule has 0 amide bonds. The van der Waals surface area contributed by atoms with Crippen molar-refractivity contribution in [2.45, 2.75) is 19.9 Å². The first-order valence-corrected chi connectivity index (χ1v) is 13.6. The second-order valence-electron chi connectivity index (χ2n) is 8.61. The van der Waals surface area contributed by atoms with Gasteiger partial charge in [0.05, 0.1) is 40.1 Å². The minimum atomic E-state index is -0.873. The molecule has 1 atom stereocenters. The standard InChI is InChI=1S/C30H24ClFN2O4S/c1-3-37-23-15-10-18(16-22(23)31)17-24-28(35)34-27(20-11-13-21(32)14-12-20)25(29(36)38-4-2)26(33-30(34)39-24)19-8-6-5-7-9-19/h5-17,27H,3-4H2,1-2H3/b24-17-/t27-/m1/s1. The fourth-order valence-corrected chi connectivity index (χ4v) is 5.68. The van der Waals surface area contributed by atoms with E-state index in [1.807, 2.05) is 43.3 Å². The van der Waals surface area contributed by atoms with Crippen LogP contribution in [0.5, 0.6) is 5.75 Å². The molecule has 0 aliphatic carbocycles. The smallest absolute Gasteiger partial charge is 0.338 e. The molecule has 0 unspecified atom stereocenters. The van der Waals surface area contributed by atoms with Crippen molar-refractivity contribution in [3.63, 3.8) is 0 Å². The zero-order valence-electron chi connectivity index (χ0n) is 21.2. The summed E-state index contributed by atoms with van der Waals surface area (Å²) in [7, 11) is 0. The summed E-state index contributed by atoms with van der Waals surface area (Å²) in [6.45, 7) is 4.21. The highest BCUT2D eigenvalue weighted by atomic mass is 35.5. The fraction of sp³-hybridized carbons (Fsp3) is 0.167. The largest absolute Gasteiger partial charge is 0.492 e. The van der Waals surface area contributed by atoms with Crippen LogP contribution in [0, 0.1) is 5.82 Å². The molecule has 0 radical (unpaired) electrons. The predicted molar refractivity (Wildman–Crippen MR) is 150 cm³/mol. The summed E-state index contributed by atoms with van der Waals surface area (Å²) in [5, 5.41) is 0.429. The molecule has 0 saturated carbocycles. The summed E-state index contributed by atoms with van der Waals surface area (Å²) in [4.78, 5) is 32.5. The van der Waals surface area contributed by atoms with Gasteiger partial charge in [0.25, 0.3) is 5.56 Å². The molecule has 0 N–H and O–H groups in total. The number of carbonyl (C=O) groups excluding carboxylic acids is 1. The van der Waals surface area contributed by atoms with Gasteiger partial charge in [-0.05, 0) is 55.3 Å². The summed E-state index contributed by atoms with van der Waals surface area (Å²) in [6, 6.07) is 19.4. The molecule has 1 aromatic heterocycles. The normalized spacial score (nSPS) is 15.1. The number of hydrogen-bond donors (Lipinski definition) is 0. The third kappa shape index (κ3) is 5.30. The molecular weight excluding hydrogens is 539 g/mol. The van der Waals surface area contributed by atoms with Crippen LogP contribution in [0.4, 0.5) is 4.39 Å². The minimum Gasteiger partial charge on any atom is -0.492 e. The van der Waals surface area contributed by atoms with Crippen LogP contribution in [-0.4, -0.2) is 23.8 Å². The topological polar surface area (TPSA) is 69.9 Å². The quantitative estimate of drug-likeness (QED) is 0.293. The Hall–Kier alpha value is -4.01. The van der Waals surface area contributed by atoms with Crippen molar-refractivity contribution in [3.05, 3.63) is 126 Å². The number of aromatic nitrogens is 1. The van der Waals surface area contributed by atoms with E-state index in [9.17, 15) is 14.0 Å². The second-order valence-corrected chi connectivity index (χ2v) is 10.0. The van der Waals surface area contributed by atoms with Crippen LogP contribution in [0.1, 0.15) is 36.6 Å². The summed E-state index contributed by atoms with van der Waals surface area (Å²) in [5.74, 6) is -0.467. The maximum absolute atomic E-state index is 13.9. The summed E-state index contributed by atoms with van der Waals surface area (Å²) < 4.78 is 26.7. The Labute approximate surface area is 232 Å². The van der Waals surface area contributed by atoms with Crippen molar-refractivity contribution < 1.29 is 18.7 Å². The number of hydrogen-bond acceptors (Lipinski definition) is 6. The maximum atomic E-state index is 13.9. The van der Waals surface area contributed by atoms with E-state index in [-0.39, 0.29) is 17.7 Å². The van der Waals surface area contributed by atoms with Gasteiger partial charge in [-0.1, -0.05) is 71.5 Å². The molecule has 0 fully saturated rings. The summed E-state index contributed by atoms with van der Waals surface area (Å²) in [5.41, 5.74) is 2.23. The number of benzene rings is 3. The predicted octanol–water partition coefficient (Wildman–Crippen LogP) is 5.13. The van der Waals surface area contributed by atoms with Crippen LogP contribution >= 0.6 is 22.9 Å². The first-order valence-electron chi connectivity index (χ1n) is 12.4. The molecular formula is C30H24ClFN2O4S. The highest BCUT2D eigenvalue weighted by Gasteiger charge is 2.35. The lowest BCUT2D eigenvalue weighted by molar-refractivity contribution is -0.138. The second kappa shape index (κ2) is 11.4. The molecule has 2 heterocycles. The van der Waals surface area contributed by atoms with Crippen LogP contribution in [0.15, 0.2) is 88.2 Å². The molecule has 0 saturated heterocycles. The van der Waals surface area contributed by atoms with E-state index in [0.29, 0.717) is 49.1 Å². The average Bonchev–Trinajstić information content (AvgIpc) is 3.25. The van der Waals surface area contributed by atoms with Crippen LogP contribution in [-0.2, 0) is 9.53 Å². The van der Waals surface area contributed by atoms with Crippen molar-refractivity contribution in [2.75, 3.05) is 13.2 Å². The Morgan fingerprint density at radius 3 is 2.49 bits per heavy atom. The molecule has 1 aliphatic heterocycles. The Morgan fingerprint density at radius 1 is 1.08 bits per heavy atom. The van der Waals surface area contributed by atoms with Crippen LogP contribution in [0.25, 0.3) is 11.8 Å². The van der Waals surface area contributed by atoms with E-state index in [2.05, 4.69) is 0 Å². The van der Waals surface area contributed by atoms with Crippen LogP contribution in [0.3, 0.4) is 0 Å². The Balaban J connectivity index is 1.77. The van der Waals surface area contributed by atoms with Crippen molar-refractivity contribution in [3.8, 4) is 5.75 Å². The van der Waals surface area contributed by atoms with E-state index in [0.717, 1.165) is 0 Å². The lowest BCUT2D eigenvalue weighted by atomic mass is 9.93. The Kier molecular flexibility index (Phi) is 7.77. The molecule has 6 nitrogen and oxygen atoms in total. The zero-order valence-corrected chi connectivity index (χ0v) is 22.8. The zero-order chi connectivity index (χ0) is 27.5. The number of carbonyl (C=O) groups is 1. The number of halogens is 2. The van der Waals surface area contributed by atoms with E-state index in [4.69, 9.17) is 26.1 Å². The molecule has 0 spiro atoms. The molecule has 198 valence electrons. The third-order valence-electron chi connectivity index (χ3n) is 6.11. The van der Waals surface area contributed by atoms with E-state index < -0.39 is 17.8 Å². The van der Waals surface area contributed by atoms with E-state index >= 15 is 0 Å². The third-order valence-corrected chi connectivity index (χ3v) is 7.39. The van der Waals surface area contributed by atoms with E-state index in [1.165, 1.54) is 28.0 Å². The highest BCUT2D eigenvalue weighted by molar-refractivity contribution is 7.07. The van der Waals surface area contributed by atoms with Gasteiger partial charge >= 0.3 is 5.97 Å². The van der Waals surface area contributed by atoms with Gasteiger partial charge in [0.15, 0.2) is 4.80 Å². The van der Waals surface area contributed by atoms with Crippen molar-refractivity contribution in [1.29, 1.82) is 0 Å². The first kappa shape index (κ1) is 26.6. The van der Waals surface area contributed by atoms with Gasteiger partial charge in [0.1, 0.15) is 11.6 Å². The van der Waals surface area contributed by atoms with Crippen LogP contribution in [0.2, 0.25) is 5.02 Å². The van der Waals surface area contributed by atoms with Gasteiger partial charge in [0, 0.05) is 5.56 Å². The van der Waals surface area contributed by atoms with Gasteiger partial charge in [-0.15, -0.1) is 0 Å². The first-order chi connectivity index (χ1) is 18.9. The maximum Gasteiger partial charge on any atom is 0.338 e. The number of nitrogens with zero attached hydrogens (tertiary/aromatic N) is 2. The fourth-order valence-electron chi connectivity index (χ4n) is 4.43. The molecule has 0 bridgehead atoms. The molecule has 9 heteroatoms. The van der Waals surface area contributed by atoms with Crippen molar-refractivity contribution in [1.82, 2.24) is 4.57 Å². The monoisotopic (exact) mass is 562 g/mol. The molecule has 1 aliphatic rings. The number of fused-ring (bicyclic) bond motifs is 1. The number of ether oxygens (including phenoxy) is 2. The van der Waals surface area contributed by atoms with Crippen molar-refractivity contribution >= 4 is 40.7 Å². The van der Waals surface area contributed by atoms with Gasteiger partial charge in [0.2, 0.25) is 0 Å². The minimum absolute atomic E-state index is 0.142. The lowest BCUT2D eigenvalue weighted by Gasteiger charge is -2.25. The summed E-state index contributed by atoms with van der Waals surface area (Å²) in [6.07, 6.45) is 1.73. The number of rotatable bonds is 7. The molecule has 3 aromatic carbocycles. The summed E-state index contributed by atoms with van der Waals surface area (Å²) >= 11 is 7.57. The molecule has 5 rings (SSSR count). The molecule has 39 heavy (non-hydrogen) atoms. The molecule has 4 aromatic rings. The highest BCUT2D eigenvalue weighted by Crippen LogP contribution is 2.35. The van der Waals surface area contributed by atoms with E-state index in [1.54, 1.807) is 37.3 Å². The number of esters is 1. The van der Waals surface area contributed by atoms with Gasteiger partial charge in [-0.2, -0.15) is 0 Å². The van der Waals surface area contributed by atoms with Gasteiger partial charge in [-0.3, -0.25) is 9.36 Å². The van der Waals surface area contributed by atoms with Gasteiger partial charge in [-0.25, -0.2) is 14.2 Å². The Morgan fingerprint density at radius 2 is 1.82 bits per heavy atom. The SMILES string of the molecule is CCOC(=O)C1=C(c2ccccc2)N=c2s/c(=C\c3ccc(OCC)c(Cl)c3)c(=O)n2[C@@H]1c1ccc(F)cc1. The Bertz CT molecular complexity index is 1740. The lowest BCUT2D eigenvalue weighted by Crippen LogP contribution is -2.40.